The van der Waals surface area contributed by atoms with Crippen LogP contribution in [-0.2, 0) is 4.79 Å². The molecule has 4 heterocycles. The van der Waals surface area contributed by atoms with Crippen molar-refractivity contribution in [2.75, 3.05) is 26.2 Å². The molecule has 3 aliphatic heterocycles. The third-order valence-electron chi connectivity index (χ3n) is 8.33. The number of hydrogen-bond acceptors (Lipinski definition) is 5. The van der Waals surface area contributed by atoms with Gasteiger partial charge in [-0.15, -0.1) is 0 Å². The third-order valence-corrected chi connectivity index (χ3v) is 8.63. The molecule has 2 bridgehead atoms. The lowest BCUT2D eigenvalue weighted by molar-refractivity contribution is -0.138. The monoisotopic (exact) mass is 482 g/mol. The minimum atomic E-state index is -0.416. The minimum absolute atomic E-state index is 0.00308. The Labute approximate surface area is 204 Å². The molecule has 7 heteroatoms. The average molecular weight is 483 g/mol. The molecule has 180 valence electrons. The van der Waals surface area contributed by atoms with Gasteiger partial charge in [0.25, 0.3) is 5.91 Å². The van der Waals surface area contributed by atoms with E-state index in [2.05, 4.69) is 15.9 Å². The van der Waals surface area contributed by atoms with Gasteiger partial charge < -0.3 is 14.1 Å². The SMILES string of the molecule is Cc1cc(=O)oc2cc(OCC(=O)N3CCCC4=C[C@H]5C[C@@H](CN6CCCC[C@H]56)[C@H]43)c(Cl)cc12. The highest BCUT2D eigenvalue weighted by Gasteiger charge is 2.46. The summed E-state index contributed by atoms with van der Waals surface area (Å²) in [7, 11) is 0. The highest BCUT2D eigenvalue weighted by Crippen LogP contribution is 2.45. The summed E-state index contributed by atoms with van der Waals surface area (Å²) in [6.45, 7) is 4.83. The van der Waals surface area contributed by atoms with Crippen LogP contribution in [0, 0.1) is 18.8 Å². The van der Waals surface area contributed by atoms with E-state index in [9.17, 15) is 9.59 Å². The number of likely N-dealkylation sites (tertiary alicyclic amines) is 1. The molecule has 6 nitrogen and oxygen atoms in total. The van der Waals surface area contributed by atoms with E-state index in [4.69, 9.17) is 20.8 Å². The molecule has 34 heavy (non-hydrogen) atoms. The third kappa shape index (κ3) is 3.85. The lowest BCUT2D eigenvalue weighted by Crippen LogP contribution is -2.60. The lowest BCUT2D eigenvalue weighted by atomic mass is 9.68. The van der Waals surface area contributed by atoms with Gasteiger partial charge in [0.2, 0.25) is 0 Å². The number of rotatable bonds is 3. The summed E-state index contributed by atoms with van der Waals surface area (Å²) in [4.78, 5) is 29.9. The molecule has 4 aliphatic rings. The van der Waals surface area contributed by atoms with Gasteiger partial charge in [0.15, 0.2) is 6.61 Å². The molecule has 3 saturated heterocycles. The second kappa shape index (κ2) is 8.72. The number of amides is 1. The molecule has 1 aromatic carbocycles. The van der Waals surface area contributed by atoms with E-state index in [0.29, 0.717) is 34.2 Å². The van der Waals surface area contributed by atoms with Crippen LogP contribution in [0.4, 0.5) is 0 Å². The summed E-state index contributed by atoms with van der Waals surface area (Å²) >= 11 is 6.44. The summed E-state index contributed by atoms with van der Waals surface area (Å²) in [5, 5.41) is 1.17. The van der Waals surface area contributed by atoms with Gasteiger partial charge in [0, 0.05) is 36.7 Å². The number of carbonyl (C=O) groups excluding carboxylic acids is 1. The second-order valence-electron chi connectivity index (χ2n) is 10.4. The average Bonchev–Trinajstić information content (AvgIpc) is 2.83. The molecular weight excluding hydrogens is 452 g/mol. The summed E-state index contributed by atoms with van der Waals surface area (Å²) in [6.07, 6.45) is 9.77. The maximum Gasteiger partial charge on any atom is 0.336 e. The van der Waals surface area contributed by atoms with Crippen molar-refractivity contribution in [2.45, 2.75) is 57.5 Å². The molecule has 3 fully saturated rings. The van der Waals surface area contributed by atoms with Crippen molar-refractivity contribution in [1.82, 2.24) is 9.80 Å². The lowest BCUT2D eigenvalue weighted by Gasteiger charge is -2.54. The first kappa shape index (κ1) is 22.2. The second-order valence-corrected chi connectivity index (χ2v) is 10.8. The van der Waals surface area contributed by atoms with Crippen LogP contribution in [0.3, 0.4) is 0 Å². The smallest absolute Gasteiger partial charge is 0.336 e. The van der Waals surface area contributed by atoms with Crippen LogP contribution in [0.5, 0.6) is 5.75 Å². The molecule has 4 atom stereocenters. The van der Waals surface area contributed by atoms with Gasteiger partial charge in [-0.2, -0.15) is 0 Å². The maximum atomic E-state index is 13.4. The summed E-state index contributed by atoms with van der Waals surface area (Å²) in [5.41, 5.74) is 2.26. The van der Waals surface area contributed by atoms with E-state index in [1.165, 1.54) is 43.9 Å². The van der Waals surface area contributed by atoms with Crippen LogP contribution >= 0.6 is 11.6 Å². The van der Waals surface area contributed by atoms with Crippen molar-refractivity contribution in [3.63, 3.8) is 0 Å². The van der Waals surface area contributed by atoms with Crippen molar-refractivity contribution >= 4 is 28.5 Å². The van der Waals surface area contributed by atoms with Crippen LogP contribution in [-0.4, -0.2) is 54.0 Å². The molecule has 0 spiro atoms. The largest absolute Gasteiger partial charge is 0.482 e. The maximum absolute atomic E-state index is 13.4. The highest BCUT2D eigenvalue weighted by atomic mass is 35.5. The Morgan fingerprint density at radius 2 is 2.09 bits per heavy atom. The molecule has 0 radical (unpaired) electrons. The fraction of sp³-hybridized carbons (Fsp3) is 0.556. The molecule has 0 N–H and O–H groups in total. The highest BCUT2D eigenvalue weighted by molar-refractivity contribution is 6.32. The van der Waals surface area contributed by atoms with Crippen molar-refractivity contribution in [3.8, 4) is 5.75 Å². The number of benzene rings is 1. The molecule has 0 unspecified atom stereocenters. The van der Waals surface area contributed by atoms with Gasteiger partial charge in [0.1, 0.15) is 11.3 Å². The van der Waals surface area contributed by atoms with E-state index >= 15 is 0 Å². The summed E-state index contributed by atoms with van der Waals surface area (Å²) < 4.78 is 11.2. The van der Waals surface area contributed by atoms with Gasteiger partial charge in [0.05, 0.1) is 11.1 Å². The number of fused-ring (bicyclic) bond motifs is 7. The molecule has 0 saturated carbocycles. The van der Waals surface area contributed by atoms with E-state index in [1.807, 2.05) is 6.92 Å². The first-order valence-electron chi connectivity index (χ1n) is 12.6. The van der Waals surface area contributed by atoms with Gasteiger partial charge in [-0.1, -0.05) is 29.7 Å². The van der Waals surface area contributed by atoms with E-state index in [1.54, 1.807) is 12.1 Å². The number of nitrogens with zero attached hydrogens (tertiary/aromatic N) is 2. The van der Waals surface area contributed by atoms with Crippen molar-refractivity contribution in [3.05, 3.63) is 50.9 Å². The Balaban J connectivity index is 1.21. The normalized spacial score (nSPS) is 28.8. The van der Waals surface area contributed by atoms with Gasteiger partial charge >= 0.3 is 5.63 Å². The van der Waals surface area contributed by atoms with Gasteiger partial charge in [-0.05, 0) is 69.0 Å². The predicted octanol–water partition coefficient (Wildman–Crippen LogP) is 4.56. The Morgan fingerprint density at radius 3 is 2.97 bits per heavy atom. The zero-order chi connectivity index (χ0) is 23.4. The van der Waals surface area contributed by atoms with E-state index in [-0.39, 0.29) is 18.6 Å². The summed E-state index contributed by atoms with van der Waals surface area (Å²) in [6, 6.07) is 5.68. The van der Waals surface area contributed by atoms with Crippen molar-refractivity contribution < 1.29 is 13.9 Å². The molecule has 1 amide bonds. The van der Waals surface area contributed by atoms with Crippen molar-refractivity contribution in [1.29, 1.82) is 0 Å². The van der Waals surface area contributed by atoms with Crippen molar-refractivity contribution in [2.24, 2.45) is 11.8 Å². The number of aryl methyl sites for hydroxylation is 1. The minimum Gasteiger partial charge on any atom is -0.482 e. The van der Waals surface area contributed by atoms with Crippen LogP contribution in [0.15, 0.2) is 39.1 Å². The van der Waals surface area contributed by atoms with Crippen LogP contribution in [0.25, 0.3) is 11.0 Å². The standard InChI is InChI=1S/C27H31ClN2O4/c1-16-9-26(32)34-23-13-24(21(28)12-20(16)23)33-15-25(31)30-8-4-5-17-10-18-11-19(27(17)30)14-29-7-3-2-6-22(18)29/h9-10,12-13,18-19,22,27H,2-8,11,14-15H2,1H3/t18-,19-,22+,27-/m0/s1. The molecule has 2 aromatic rings. The van der Waals surface area contributed by atoms with Crippen LogP contribution in [0.1, 0.15) is 44.1 Å². The Morgan fingerprint density at radius 1 is 1.21 bits per heavy atom. The quantitative estimate of drug-likeness (QED) is 0.474. The fourth-order valence-corrected chi connectivity index (χ4v) is 7.12. The predicted molar refractivity (Wildman–Crippen MR) is 131 cm³/mol. The number of hydrogen-bond donors (Lipinski definition) is 0. The molecular formula is C27H31ClN2O4. The topological polar surface area (TPSA) is 63.0 Å². The fourth-order valence-electron chi connectivity index (χ4n) is 6.91. The summed E-state index contributed by atoms with van der Waals surface area (Å²) in [5.74, 6) is 1.51. The van der Waals surface area contributed by atoms with Gasteiger partial charge in [-0.25, -0.2) is 4.79 Å². The first-order chi connectivity index (χ1) is 16.5. The molecule has 6 rings (SSSR count). The van der Waals surface area contributed by atoms with E-state index < -0.39 is 5.63 Å². The Bertz CT molecular complexity index is 1220. The number of carbonyl (C=O) groups is 1. The Hall–Kier alpha value is -2.31. The van der Waals surface area contributed by atoms with E-state index in [0.717, 1.165) is 36.9 Å². The number of halogens is 1. The van der Waals surface area contributed by atoms with Crippen LogP contribution in [0.2, 0.25) is 5.02 Å². The zero-order valence-electron chi connectivity index (χ0n) is 19.6. The number of piperidine rings is 3. The van der Waals surface area contributed by atoms with Gasteiger partial charge in [-0.3, -0.25) is 9.69 Å². The first-order valence-corrected chi connectivity index (χ1v) is 13.0. The molecule has 1 aliphatic carbocycles. The molecule has 1 aromatic heterocycles. The zero-order valence-corrected chi connectivity index (χ0v) is 20.4. The van der Waals surface area contributed by atoms with Crippen LogP contribution < -0.4 is 10.4 Å². The Kier molecular flexibility index (Phi) is 5.69. The number of ether oxygens (including phenoxy) is 1.